The molecule has 0 radical (unpaired) electrons. The molecule has 0 heterocycles. The maximum atomic E-state index is 3.83. The first kappa shape index (κ1) is 14.2. The molecule has 15 heavy (non-hydrogen) atoms. The molecule has 1 atom stereocenters. The first-order valence-electron chi connectivity index (χ1n) is 6.15. The zero-order valence-electron chi connectivity index (χ0n) is 10.5. The van der Waals surface area contributed by atoms with Crippen LogP contribution in [-0.2, 0) is 0 Å². The second-order valence-corrected chi connectivity index (χ2v) is 4.20. The highest BCUT2D eigenvalue weighted by Crippen LogP contribution is 2.18. The highest BCUT2D eigenvalue weighted by molar-refractivity contribution is 5.02. The fourth-order valence-electron chi connectivity index (χ4n) is 1.62. The van der Waals surface area contributed by atoms with Crippen molar-refractivity contribution in [2.75, 3.05) is 0 Å². The first-order valence-corrected chi connectivity index (χ1v) is 6.15. The Morgan fingerprint density at radius 1 is 1.27 bits per heavy atom. The lowest BCUT2D eigenvalue weighted by Crippen LogP contribution is -1.92. The fraction of sp³-hybridized carbons (Fsp3) is 0.600. The van der Waals surface area contributed by atoms with Crippen LogP contribution in [0.15, 0.2) is 37.0 Å². The van der Waals surface area contributed by atoms with E-state index in [4.69, 9.17) is 0 Å². The molecule has 0 nitrogen and oxygen atoms in total. The Labute approximate surface area is 95.8 Å². The minimum absolute atomic E-state index is 0.643. The smallest absolute Gasteiger partial charge is 0.0262 e. The van der Waals surface area contributed by atoms with Crippen molar-refractivity contribution in [3.05, 3.63) is 37.0 Å². The summed E-state index contributed by atoms with van der Waals surface area (Å²) in [5.41, 5.74) is 1.62. The third-order valence-corrected chi connectivity index (χ3v) is 2.72. The van der Waals surface area contributed by atoms with E-state index in [1.165, 1.54) is 25.7 Å². The van der Waals surface area contributed by atoms with Crippen molar-refractivity contribution < 1.29 is 0 Å². The van der Waals surface area contributed by atoms with E-state index in [9.17, 15) is 0 Å². The van der Waals surface area contributed by atoms with E-state index >= 15 is 0 Å². The molecule has 0 amide bonds. The average Bonchev–Trinajstić information content (AvgIpc) is 2.25. The van der Waals surface area contributed by atoms with Gasteiger partial charge in [0.05, 0.1) is 0 Å². The van der Waals surface area contributed by atoms with Gasteiger partial charge in [-0.25, -0.2) is 0 Å². The average molecular weight is 206 g/mol. The van der Waals surface area contributed by atoms with Gasteiger partial charge in [0.1, 0.15) is 0 Å². The van der Waals surface area contributed by atoms with E-state index in [0.717, 1.165) is 12.8 Å². The first-order chi connectivity index (χ1) is 7.24. The summed E-state index contributed by atoms with van der Waals surface area (Å²) in [4.78, 5) is 0. The Bertz CT molecular complexity index is 198. The van der Waals surface area contributed by atoms with Crippen LogP contribution in [0.2, 0.25) is 0 Å². The summed E-state index contributed by atoms with van der Waals surface area (Å²) in [6.07, 6.45) is 13.7. The molecule has 0 aliphatic carbocycles. The second-order valence-electron chi connectivity index (χ2n) is 4.20. The summed E-state index contributed by atoms with van der Waals surface area (Å²) in [6.45, 7) is 12.0. The van der Waals surface area contributed by atoms with Crippen molar-refractivity contribution in [3.8, 4) is 0 Å². The minimum atomic E-state index is 0.643. The molecule has 0 spiro atoms. The van der Waals surface area contributed by atoms with E-state index in [2.05, 4.69) is 33.1 Å². The molecule has 1 unspecified atom stereocenters. The molecule has 0 bridgehead atoms. The SMILES string of the molecule is C=CCCCC(=CCC)CCC(C)C=C. The molecule has 0 aliphatic rings. The topological polar surface area (TPSA) is 0 Å². The lowest BCUT2D eigenvalue weighted by atomic mass is 9.97. The summed E-state index contributed by atoms with van der Waals surface area (Å²) < 4.78 is 0. The Balaban J connectivity index is 3.88. The fourth-order valence-corrected chi connectivity index (χ4v) is 1.62. The summed E-state index contributed by atoms with van der Waals surface area (Å²) in [7, 11) is 0. The highest BCUT2D eigenvalue weighted by Gasteiger charge is 2.00. The summed E-state index contributed by atoms with van der Waals surface area (Å²) in [5.74, 6) is 0.643. The number of rotatable bonds is 9. The molecule has 0 aromatic rings. The van der Waals surface area contributed by atoms with Gasteiger partial charge in [-0.05, 0) is 44.4 Å². The van der Waals surface area contributed by atoms with Crippen LogP contribution >= 0.6 is 0 Å². The molecule has 86 valence electrons. The van der Waals surface area contributed by atoms with Gasteiger partial charge in [-0.1, -0.05) is 37.6 Å². The molecule has 0 fully saturated rings. The molecule has 0 aromatic carbocycles. The van der Waals surface area contributed by atoms with Gasteiger partial charge in [0.25, 0.3) is 0 Å². The Kier molecular flexibility index (Phi) is 9.26. The zero-order valence-corrected chi connectivity index (χ0v) is 10.5. The molecule has 0 aliphatic heterocycles. The number of allylic oxidation sites excluding steroid dienone is 4. The quantitative estimate of drug-likeness (QED) is 0.355. The summed E-state index contributed by atoms with van der Waals surface area (Å²) >= 11 is 0. The molecular formula is C15H26. The van der Waals surface area contributed by atoms with E-state index in [1.807, 2.05) is 12.2 Å². The number of unbranched alkanes of at least 4 members (excludes halogenated alkanes) is 1. The molecule has 0 aromatic heterocycles. The van der Waals surface area contributed by atoms with Crippen LogP contribution in [0.5, 0.6) is 0 Å². The van der Waals surface area contributed by atoms with E-state index in [1.54, 1.807) is 5.57 Å². The van der Waals surface area contributed by atoms with Gasteiger partial charge in [-0.3, -0.25) is 0 Å². The zero-order chi connectivity index (χ0) is 11.5. The predicted octanol–water partition coefficient (Wildman–Crippen LogP) is 5.28. The lowest BCUT2D eigenvalue weighted by molar-refractivity contribution is 0.626. The molecule has 0 N–H and O–H groups in total. The van der Waals surface area contributed by atoms with Gasteiger partial charge in [0, 0.05) is 0 Å². The van der Waals surface area contributed by atoms with Crippen LogP contribution in [0.4, 0.5) is 0 Å². The largest absolute Gasteiger partial charge is 0.103 e. The van der Waals surface area contributed by atoms with Crippen LogP contribution in [0.3, 0.4) is 0 Å². The highest BCUT2D eigenvalue weighted by atomic mass is 14.1. The molecule has 0 rings (SSSR count). The summed E-state index contributed by atoms with van der Waals surface area (Å²) in [6, 6.07) is 0. The standard InChI is InChI=1S/C15H26/c1-5-8-9-11-15(10-6-2)13-12-14(4)7-3/h5,7,10,14H,1,3,6,8-9,11-13H2,2,4H3. The molecule has 0 saturated carbocycles. The van der Waals surface area contributed by atoms with Crippen molar-refractivity contribution in [2.24, 2.45) is 5.92 Å². The normalized spacial score (nSPS) is 13.6. The Morgan fingerprint density at radius 2 is 2.00 bits per heavy atom. The monoisotopic (exact) mass is 206 g/mol. The van der Waals surface area contributed by atoms with Gasteiger partial charge in [-0.15, -0.1) is 13.2 Å². The van der Waals surface area contributed by atoms with Gasteiger partial charge in [0.15, 0.2) is 0 Å². The van der Waals surface area contributed by atoms with Crippen molar-refractivity contribution in [1.82, 2.24) is 0 Å². The maximum absolute atomic E-state index is 3.83. The molecular weight excluding hydrogens is 180 g/mol. The van der Waals surface area contributed by atoms with Crippen LogP contribution in [0, 0.1) is 5.92 Å². The van der Waals surface area contributed by atoms with Crippen LogP contribution in [0.1, 0.15) is 52.4 Å². The predicted molar refractivity (Wildman–Crippen MR) is 71.0 cm³/mol. The van der Waals surface area contributed by atoms with Crippen LogP contribution in [0.25, 0.3) is 0 Å². The van der Waals surface area contributed by atoms with Crippen LogP contribution in [-0.4, -0.2) is 0 Å². The third kappa shape index (κ3) is 8.23. The van der Waals surface area contributed by atoms with Crippen molar-refractivity contribution in [2.45, 2.75) is 52.4 Å². The van der Waals surface area contributed by atoms with Crippen molar-refractivity contribution in [3.63, 3.8) is 0 Å². The maximum Gasteiger partial charge on any atom is -0.0262 e. The van der Waals surface area contributed by atoms with Gasteiger partial charge < -0.3 is 0 Å². The number of hydrogen-bond donors (Lipinski definition) is 0. The van der Waals surface area contributed by atoms with Crippen molar-refractivity contribution >= 4 is 0 Å². The van der Waals surface area contributed by atoms with Crippen LogP contribution < -0.4 is 0 Å². The van der Waals surface area contributed by atoms with E-state index < -0.39 is 0 Å². The van der Waals surface area contributed by atoms with Gasteiger partial charge in [-0.2, -0.15) is 0 Å². The van der Waals surface area contributed by atoms with Crippen molar-refractivity contribution in [1.29, 1.82) is 0 Å². The number of hydrogen-bond acceptors (Lipinski definition) is 0. The Morgan fingerprint density at radius 3 is 2.53 bits per heavy atom. The minimum Gasteiger partial charge on any atom is -0.103 e. The Hall–Kier alpha value is -0.780. The van der Waals surface area contributed by atoms with Gasteiger partial charge >= 0.3 is 0 Å². The second kappa shape index (κ2) is 9.76. The van der Waals surface area contributed by atoms with E-state index in [0.29, 0.717) is 5.92 Å². The molecule has 0 saturated heterocycles. The summed E-state index contributed by atoms with van der Waals surface area (Å²) in [5, 5.41) is 0. The van der Waals surface area contributed by atoms with Gasteiger partial charge in [0.2, 0.25) is 0 Å². The van der Waals surface area contributed by atoms with E-state index in [-0.39, 0.29) is 0 Å². The molecule has 0 heteroatoms. The lowest BCUT2D eigenvalue weighted by Gasteiger charge is -2.09. The third-order valence-electron chi connectivity index (χ3n) is 2.72.